The summed E-state index contributed by atoms with van der Waals surface area (Å²) in [6.45, 7) is 10.9. The van der Waals surface area contributed by atoms with Crippen molar-refractivity contribution in [2.45, 2.75) is 59.0 Å². The Morgan fingerprint density at radius 2 is 1.71 bits per heavy atom. The van der Waals surface area contributed by atoms with E-state index in [1.165, 1.54) is 25.8 Å². The van der Waals surface area contributed by atoms with Crippen molar-refractivity contribution in [3.05, 3.63) is 0 Å². The van der Waals surface area contributed by atoms with Crippen molar-refractivity contribution in [1.29, 1.82) is 0 Å². The van der Waals surface area contributed by atoms with Crippen LogP contribution in [0, 0.1) is 17.8 Å². The molecule has 1 heteroatoms. The maximum Gasteiger partial charge on any atom is 0.0129 e. The molecule has 14 heavy (non-hydrogen) atoms. The molecule has 0 bridgehead atoms. The standard InChI is InChI=1S/C13H25N/c1-9(2)12-7-13(11-5-6-11)14(8-12)10(3)4/h9-13H,5-8H2,1-4H3. The van der Waals surface area contributed by atoms with Crippen LogP contribution in [0.3, 0.4) is 0 Å². The van der Waals surface area contributed by atoms with Crippen LogP contribution in [0.15, 0.2) is 0 Å². The second-order valence-electron chi connectivity index (χ2n) is 5.94. The highest BCUT2D eigenvalue weighted by atomic mass is 15.2. The smallest absolute Gasteiger partial charge is 0.0129 e. The molecule has 82 valence electrons. The largest absolute Gasteiger partial charge is 0.297 e. The van der Waals surface area contributed by atoms with Gasteiger partial charge in [-0.15, -0.1) is 0 Å². The minimum absolute atomic E-state index is 0.754. The first-order valence-electron chi connectivity index (χ1n) is 6.35. The minimum Gasteiger partial charge on any atom is -0.297 e. The van der Waals surface area contributed by atoms with Crippen LogP contribution in [0.1, 0.15) is 47.0 Å². The molecular formula is C13H25N. The summed E-state index contributed by atoms with van der Waals surface area (Å²) in [6, 6.07) is 1.69. The van der Waals surface area contributed by atoms with Gasteiger partial charge in [0, 0.05) is 18.6 Å². The number of nitrogens with zero attached hydrogens (tertiary/aromatic N) is 1. The predicted molar refractivity (Wildman–Crippen MR) is 61.3 cm³/mol. The number of hydrogen-bond acceptors (Lipinski definition) is 1. The van der Waals surface area contributed by atoms with Gasteiger partial charge in [-0.3, -0.25) is 4.90 Å². The normalized spacial score (nSPS) is 34.7. The Morgan fingerprint density at radius 3 is 2.14 bits per heavy atom. The lowest BCUT2D eigenvalue weighted by Gasteiger charge is -2.28. The van der Waals surface area contributed by atoms with Crippen molar-refractivity contribution < 1.29 is 0 Å². The molecule has 0 aromatic rings. The van der Waals surface area contributed by atoms with Gasteiger partial charge in [0.15, 0.2) is 0 Å². The van der Waals surface area contributed by atoms with E-state index in [1.807, 2.05) is 0 Å². The van der Waals surface area contributed by atoms with Crippen LogP contribution in [0.2, 0.25) is 0 Å². The van der Waals surface area contributed by atoms with E-state index in [0.29, 0.717) is 0 Å². The first-order chi connectivity index (χ1) is 6.59. The van der Waals surface area contributed by atoms with E-state index in [-0.39, 0.29) is 0 Å². The van der Waals surface area contributed by atoms with Gasteiger partial charge in [-0.1, -0.05) is 13.8 Å². The number of likely N-dealkylation sites (tertiary alicyclic amines) is 1. The Labute approximate surface area is 88.9 Å². The number of rotatable bonds is 3. The second-order valence-corrected chi connectivity index (χ2v) is 5.94. The van der Waals surface area contributed by atoms with Gasteiger partial charge in [-0.05, 0) is 50.9 Å². The maximum atomic E-state index is 2.77. The van der Waals surface area contributed by atoms with Gasteiger partial charge in [0.2, 0.25) is 0 Å². The zero-order valence-corrected chi connectivity index (χ0v) is 10.2. The predicted octanol–water partition coefficient (Wildman–Crippen LogP) is 3.15. The molecule has 1 nitrogen and oxygen atoms in total. The molecule has 1 saturated carbocycles. The zero-order valence-electron chi connectivity index (χ0n) is 10.2. The van der Waals surface area contributed by atoms with Crippen LogP contribution >= 0.6 is 0 Å². The molecule has 1 heterocycles. The minimum atomic E-state index is 0.754. The summed E-state index contributed by atoms with van der Waals surface area (Å²) < 4.78 is 0. The van der Waals surface area contributed by atoms with E-state index in [2.05, 4.69) is 32.6 Å². The molecular weight excluding hydrogens is 170 g/mol. The van der Waals surface area contributed by atoms with Crippen molar-refractivity contribution in [1.82, 2.24) is 4.90 Å². The van der Waals surface area contributed by atoms with Crippen molar-refractivity contribution >= 4 is 0 Å². The van der Waals surface area contributed by atoms with Gasteiger partial charge in [0.1, 0.15) is 0 Å². The van der Waals surface area contributed by atoms with Gasteiger partial charge >= 0.3 is 0 Å². The maximum absolute atomic E-state index is 2.77. The first kappa shape index (κ1) is 10.5. The summed E-state index contributed by atoms with van der Waals surface area (Å²) in [7, 11) is 0. The topological polar surface area (TPSA) is 3.24 Å². The molecule has 0 aromatic carbocycles. The Morgan fingerprint density at radius 1 is 1.07 bits per heavy atom. The molecule has 1 aliphatic carbocycles. The molecule has 0 aromatic heterocycles. The molecule has 2 fully saturated rings. The average Bonchev–Trinajstić information content (AvgIpc) is 2.83. The summed E-state index contributed by atoms with van der Waals surface area (Å²) >= 11 is 0. The van der Waals surface area contributed by atoms with E-state index in [9.17, 15) is 0 Å². The molecule has 0 radical (unpaired) electrons. The van der Waals surface area contributed by atoms with E-state index >= 15 is 0 Å². The third-order valence-electron chi connectivity index (χ3n) is 4.19. The van der Waals surface area contributed by atoms with Gasteiger partial charge in [-0.2, -0.15) is 0 Å². The van der Waals surface area contributed by atoms with Crippen LogP contribution in [-0.2, 0) is 0 Å². The van der Waals surface area contributed by atoms with Crippen LogP contribution in [0.4, 0.5) is 0 Å². The fourth-order valence-electron chi connectivity index (χ4n) is 2.95. The molecule has 0 spiro atoms. The molecule has 0 amide bonds. The summed E-state index contributed by atoms with van der Waals surface area (Å²) in [5.41, 5.74) is 0. The summed E-state index contributed by atoms with van der Waals surface area (Å²) in [5.74, 6) is 2.89. The SMILES string of the molecule is CC(C)C1CC(C2CC2)N(C(C)C)C1. The highest BCUT2D eigenvalue weighted by molar-refractivity contribution is 4.96. The van der Waals surface area contributed by atoms with Crippen LogP contribution in [0.5, 0.6) is 0 Å². The quantitative estimate of drug-likeness (QED) is 0.668. The van der Waals surface area contributed by atoms with Crippen LogP contribution in [-0.4, -0.2) is 23.5 Å². The Bertz CT molecular complexity index is 183. The fourth-order valence-corrected chi connectivity index (χ4v) is 2.95. The summed E-state index contributed by atoms with van der Waals surface area (Å²) in [4.78, 5) is 2.77. The Hall–Kier alpha value is -0.0400. The lowest BCUT2D eigenvalue weighted by Crippen LogP contribution is -2.37. The van der Waals surface area contributed by atoms with Crippen molar-refractivity contribution in [2.75, 3.05) is 6.54 Å². The van der Waals surface area contributed by atoms with Crippen molar-refractivity contribution in [3.8, 4) is 0 Å². The summed E-state index contributed by atoms with van der Waals surface area (Å²) in [5, 5.41) is 0. The molecule has 1 saturated heterocycles. The molecule has 0 N–H and O–H groups in total. The Balaban J connectivity index is 2.00. The average molecular weight is 195 g/mol. The molecule has 2 aliphatic rings. The monoisotopic (exact) mass is 195 g/mol. The molecule has 1 aliphatic heterocycles. The lowest BCUT2D eigenvalue weighted by molar-refractivity contribution is 0.181. The lowest BCUT2D eigenvalue weighted by atomic mass is 9.92. The van der Waals surface area contributed by atoms with Crippen LogP contribution in [0.25, 0.3) is 0 Å². The second kappa shape index (κ2) is 3.84. The van der Waals surface area contributed by atoms with Gasteiger partial charge < -0.3 is 0 Å². The van der Waals surface area contributed by atoms with Gasteiger partial charge in [0.05, 0.1) is 0 Å². The van der Waals surface area contributed by atoms with Crippen molar-refractivity contribution in [2.24, 2.45) is 17.8 Å². The Kier molecular flexibility index (Phi) is 2.88. The zero-order chi connectivity index (χ0) is 10.3. The first-order valence-corrected chi connectivity index (χ1v) is 6.35. The van der Waals surface area contributed by atoms with E-state index < -0.39 is 0 Å². The number of hydrogen-bond donors (Lipinski definition) is 0. The van der Waals surface area contributed by atoms with Crippen molar-refractivity contribution in [3.63, 3.8) is 0 Å². The molecule has 2 unspecified atom stereocenters. The van der Waals surface area contributed by atoms with E-state index in [4.69, 9.17) is 0 Å². The van der Waals surface area contributed by atoms with E-state index in [0.717, 1.165) is 29.8 Å². The molecule has 2 atom stereocenters. The van der Waals surface area contributed by atoms with Gasteiger partial charge in [-0.25, -0.2) is 0 Å². The molecule has 2 rings (SSSR count). The van der Waals surface area contributed by atoms with Gasteiger partial charge in [0.25, 0.3) is 0 Å². The highest BCUT2D eigenvalue weighted by Gasteiger charge is 2.42. The fraction of sp³-hybridized carbons (Fsp3) is 1.00. The highest BCUT2D eigenvalue weighted by Crippen LogP contribution is 2.43. The van der Waals surface area contributed by atoms with Crippen LogP contribution < -0.4 is 0 Å². The van der Waals surface area contributed by atoms with E-state index in [1.54, 1.807) is 0 Å². The summed E-state index contributed by atoms with van der Waals surface area (Å²) in [6.07, 6.45) is 4.47. The third kappa shape index (κ3) is 1.98. The third-order valence-corrected chi connectivity index (χ3v) is 4.19.